The molecule has 0 bridgehead atoms. The fourth-order valence-electron chi connectivity index (χ4n) is 2.08. The van der Waals surface area contributed by atoms with Gasteiger partial charge in [0.1, 0.15) is 5.54 Å². The molecular formula is C16H19BrN2OS. The molecule has 2 rings (SSSR count). The van der Waals surface area contributed by atoms with Crippen LogP contribution in [0.2, 0.25) is 0 Å². The topological polar surface area (TPSA) is 55.1 Å². The quantitative estimate of drug-likeness (QED) is 0.851. The Morgan fingerprint density at radius 3 is 2.62 bits per heavy atom. The number of hydrogen-bond acceptors (Lipinski definition) is 3. The van der Waals surface area contributed by atoms with Crippen molar-refractivity contribution >= 4 is 33.2 Å². The van der Waals surface area contributed by atoms with Gasteiger partial charge in [0.15, 0.2) is 0 Å². The first-order valence-electron chi connectivity index (χ1n) is 6.78. The first-order chi connectivity index (χ1) is 9.89. The van der Waals surface area contributed by atoms with Crippen molar-refractivity contribution in [2.45, 2.75) is 31.8 Å². The number of hydrogen-bond donors (Lipinski definition) is 2. The van der Waals surface area contributed by atoms with Crippen LogP contribution in [0.5, 0.6) is 0 Å². The van der Waals surface area contributed by atoms with Gasteiger partial charge in [-0.1, -0.05) is 34.1 Å². The highest BCUT2D eigenvalue weighted by Gasteiger charge is 2.31. The van der Waals surface area contributed by atoms with Crippen molar-refractivity contribution in [1.82, 2.24) is 5.32 Å². The van der Waals surface area contributed by atoms with Crippen LogP contribution in [0.1, 0.15) is 24.3 Å². The van der Waals surface area contributed by atoms with Crippen LogP contribution in [-0.2, 0) is 16.8 Å². The number of nitrogens with one attached hydrogen (secondary N) is 1. The second kappa shape index (κ2) is 6.73. The number of nitrogens with two attached hydrogens (primary N) is 1. The summed E-state index contributed by atoms with van der Waals surface area (Å²) in [4.78, 5) is 13.7. The van der Waals surface area contributed by atoms with Crippen molar-refractivity contribution in [2.24, 2.45) is 5.73 Å². The lowest BCUT2D eigenvalue weighted by atomic mass is 9.92. The zero-order valence-electron chi connectivity index (χ0n) is 12.1. The molecule has 0 aliphatic carbocycles. The van der Waals surface area contributed by atoms with E-state index >= 15 is 0 Å². The fourth-order valence-corrected chi connectivity index (χ4v) is 3.18. The predicted molar refractivity (Wildman–Crippen MR) is 91.3 cm³/mol. The van der Waals surface area contributed by atoms with Crippen molar-refractivity contribution in [3.8, 4) is 0 Å². The molecule has 1 heterocycles. The van der Waals surface area contributed by atoms with Crippen molar-refractivity contribution in [1.29, 1.82) is 0 Å². The van der Waals surface area contributed by atoms with Gasteiger partial charge in [-0.3, -0.25) is 4.79 Å². The maximum Gasteiger partial charge on any atom is 0.244 e. The number of benzene rings is 1. The van der Waals surface area contributed by atoms with Gasteiger partial charge < -0.3 is 11.1 Å². The van der Waals surface area contributed by atoms with Crippen LogP contribution in [0.4, 0.5) is 0 Å². The Morgan fingerprint density at radius 1 is 1.38 bits per heavy atom. The molecule has 1 amide bonds. The molecule has 0 radical (unpaired) electrons. The van der Waals surface area contributed by atoms with E-state index in [9.17, 15) is 4.79 Å². The van der Waals surface area contributed by atoms with Crippen LogP contribution < -0.4 is 11.1 Å². The molecule has 3 N–H and O–H groups in total. The number of carbonyl (C=O) groups excluding carboxylic acids is 1. The summed E-state index contributed by atoms with van der Waals surface area (Å²) in [6, 6.07) is 11.7. The minimum atomic E-state index is -1.04. The molecule has 112 valence electrons. The number of amides is 1. The van der Waals surface area contributed by atoms with Crippen LogP contribution in [0, 0.1) is 0 Å². The average Bonchev–Trinajstić information content (AvgIpc) is 2.91. The Kier molecular flexibility index (Phi) is 5.19. The van der Waals surface area contributed by atoms with Crippen molar-refractivity contribution in [3.05, 3.63) is 56.7 Å². The molecule has 0 aliphatic rings. The van der Waals surface area contributed by atoms with Crippen LogP contribution >= 0.6 is 27.3 Å². The largest absolute Gasteiger partial charge is 0.351 e. The summed E-state index contributed by atoms with van der Waals surface area (Å²) in [6.45, 7) is 3.73. The molecule has 5 heteroatoms. The maximum absolute atomic E-state index is 12.4. The van der Waals surface area contributed by atoms with Gasteiger partial charge in [0, 0.05) is 21.8 Å². The summed E-state index contributed by atoms with van der Waals surface area (Å²) < 4.78 is 0.966. The first kappa shape index (κ1) is 16.2. The molecule has 0 aliphatic heterocycles. The highest BCUT2D eigenvalue weighted by molar-refractivity contribution is 9.10. The van der Waals surface area contributed by atoms with Crippen molar-refractivity contribution < 1.29 is 4.79 Å². The number of halogens is 1. The van der Waals surface area contributed by atoms with E-state index in [-0.39, 0.29) is 11.9 Å². The SMILES string of the molecule is CC(Cc1cccs1)NC(=O)C(C)(N)c1ccc(Br)cc1. The Morgan fingerprint density at radius 2 is 2.05 bits per heavy atom. The van der Waals surface area contributed by atoms with Gasteiger partial charge in [-0.25, -0.2) is 0 Å². The van der Waals surface area contributed by atoms with Gasteiger partial charge in [-0.15, -0.1) is 11.3 Å². The van der Waals surface area contributed by atoms with Crippen molar-refractivity contribution in [3.63, 3.8) is 0 Å². The second-order valence-corrected chi connectivity index (χ2v) is 7.32. The van der Waals surface area contributed by atoms with Crippen LogP contribution in [-0.4, -0.2) is 11.9 Å². The normalized spacial score (nSPS) is 15.2. The van der Waals surface area contributed by atoms with E-state index in [1.54, 1.807) is 18.3 Å². The number of thiophene rings is 1. The third-order valence-electron chi connectivity index (χ3n) is 3.38. The summed E-state index contributed by atoms with van der Waals surface area (Å²) in [5.41, 5.74) is 5.99. The molecular weight excluding hydrogens is 348 g/mol. The molecule has 1 aromatic carbocycles. The summed E-state index contributed by atoms with van der Waals surface area (Å²) in [6.07, 6.45) is 0.819. The second-order valence-electron chi connectivity index (χ2n) is 5.37. The Balaban J connectivity index is 2.02. The van der Waals surface area contributed by atoms with Gasteiger partial charge in [0.2, 0.25) is 5.91 Å². The lowest BCUT2D eigenvalue weighted by Crippen LogP contribution is -2.51. The van der Waals surface area contributed by atoms with E-state index in [0.29, 0.717) is 0 Å². The molecule has 2 atom stereocenters. The Bertz CT molecular complexity index is 593. The van der Waals surface area contributed by atoms with Crippen molar-refractivity contribution in [2.75, 3.05) is 0 Å². The van der Waals surface area contributed by atoms with Gasteiger partial charge in [0.05, 0.1) is 0 Å². The standard InChI is InChI=1S/C16H19BrN2OS/c1-11(10-14-4-3-9-21-14)19-15(20)16(2,18)12-5-7-13(17)8-6-12/h3-9,11H,10,18H2,1-2H3,(H,19,20). The van der Waals surface area contributed by atoms with Gasteiger partial charge in [-0.2, -0.15) is 0 Å². The highest BCUT2D eigenvalue weighted by Crippen LogP contribution is 2.21. The molecule has 0 fully saturated rings. The molecule has 0 saturated heterocycles. The monoisotopic (exact) mass is 366 g/mol. The van der Waals surface area contributed by atoms with Gasteiger partial charge in [0.25, 0.3) is 0 Å². The number of carbonyl (C=O) groups is 1. The van der Waals surface area contributed by atoms with Crippen LogP contribution in [0.3, 0.4) is 0 Å². The third kappa shape index (κ3) is 4.15. The third-order valence-corrected chi connectivity index (χ3v) is 4.81. The van der Waals surface area contributed by atoms with Gasteiger partial charge in [-0.05, 0) is 43.0 Å². The average molecular weight is 367 g/mol. The molecule has 0 spiro atoms. The van der Waals surface area contributed by atoms with E-state index in [4.69, 9.17) is 5.73 Å². The van der Waals surface area contributed by atoms with E-state index in [2.05, 4.69) is 27.3 Å². The molecule has 21 heavy (non-hydrogen) atoms. The number of rotatable bonds is 5. The predicted octanol–water partition coefficient (Wildman–Crippen LogP) is 3.43. The van der Waals surface area contributed by atoms with E-state index in [1.807, 2.05) is 42.6 Å². The van der Waals surface area contributed by atoms with Crippen LogP contribution in [0.15, 0.2) is 46.3 Å². The zero-order chi connectivity index (χ0) is 15.5. The Labute approximate surface area is 137 Å². The minimum Gasteiger partial charge on any atom is -0.351 e. The van der Waals surface area contributed by atoms with E-state index in [0.717, 1.165) is 16.5 Å². The smallest absolute Gasteiger partial charge is 0.244 e. The summed E-state index contributed by atoms with van der Waals surface area (Å²) in [7, 11) is 0. The van der Waals surface area contributed by atoms with Gasteiger partial charge >= 0.3 is 0 Å². The molecule has 2 unspecified atom stereocenters. The molecule has 1 aromatic heterocycles. The zero-order valence-corrected chi connectivity index (χ0v) is 14.5. The molecule has 2 aromatic rings. The summed E-state index contributed by atoms with van der Waals surface area (Å²) in [5.74, 6) is -0.158. The van der Waals surface area contributed by atoms with E-state index in [1.165, 1.54) is 4.88 Å². The lowest BCUT2D eigenvalue weighted by Gasteiger charge is -2.26. The Hall–Kier alpha value is -1.17. The maximum atomic E-state index is 12.4. The van der Waals surface area contributed by atoms with Crippen LogP contribution in [0.25, 0.3) is 0 Å². The first-order valence-corrected chi connectivity index (χ1v) is 8.45. The lowest BCUT2D eigenvalue weighted by molar-refractivity contribution is -0.126. The minimum absolute atomic E-state index is 0.0504. The van der Waals surface area contributed by atoms with E-state index < -0.39 is 5.54 Å². The molecule has 3 nitrogen and oxygen atoms in total. The summed E-state index contributed by atoms with van der Waals surface area (Å²) in [5, 5.41) is 5.04. The summed E-state index contributed by atoms with van der Waals surface area (Å²) >= 11 is 5.08. The highest BCUT2D eigenvalue weighted by atomic mass is 79.9. The molecule has 0 saturated carbocycles. The fraction of sp³-hybridized carbons (Fsp3) is 0.312.